The highest BCUT2D eigenvalue weighted by molar-refractivity contribution is 4.76. The van der Waals surface area contributed by atoms with E-state index in [2.05, 4.69) is 6.92 Å². The second kappa shape index (κ2) is 2.67. The molecule has 0 saturated carbocycles. The maximum atomic E-state index is 5.74. The summed E-state index contributed by atoms with van der Waals surface area (Å²) in [4.78, 5) is 0. The Kier molecular flexibility index (Phi) is 2.09. The molecular formula is C7H15NO. The lowest BCUT2D eigenvalue weighted by molar-refractivity contribution is -0.0138. The van der Waals surface area contributed by atoms with E-state index in [0.29, 0.717) is 5.92 Å². The molecule has 1 saturated heterocycles. The van der Waals surface area contributed by atoms with Crippen LogP contribution in [0, 0.1) is 5.92 Å². The Morgan fingerprint density at radius 1 is 1.44 bits per heavy atom. The van der Waals surface area contributed by atoms with Crippen LogP contribution in [0.1, 0.15) is 20.3 Å². The first kappa shape index (κ1) is 7.03. The Balaban J connectivity index is 2.35. The molecule has 2 nitrogen and oxygen atoms in total. The van der Waals surface area contributed by atoms with Crippen LogP contribution in [0.15, 0.2) is 0 Å². The molecule has 1 aliphatic rings. The van der Waals surface area contributed by atoms with Crippen molar-refractivity contribution in [2.75, 3.05) is 6.61 Å². The number of hydrogen-bond donors (Lipinski definition) is 1. The van der Waals surface area contributed by atoms with Gasteiger partial charge in [0, 0.05) is 12.6 Å². The fourth-order valence-electron chi connectivity index (χ4n) is 1.16. The Morgan fingerprint density at radius 3 is 2.56 bits per heavy atom. The van der Waals surface area contributed by atoms with Gasteiger partial charge in [0.1, 0.15) is 0 Å². The van der Waals surface area contributed by atoms with Gasteiger partial charge in [0.15, 0.2) is 0 Å². The Morgan fingerprint density at radius 2 is 2.11 bits per heavy atom. The summed E-state index contributed by atoms with van der Waals surface area (Å²) in [6.45, 7) is 5.09. The Bertz CT molecular complexity index is 94.9. The average molecular weight is 129 g/mol. The minimum Gasteiger partial charge on any atom is -0.377 e. The minimum atomic E-state index is 0.258. The van der Waals surface area contributed by atoms with Crippen LogP contribution in [0.3, 0.4) is 0 Å². The molecule has 2 N–H and O–H groups in total. The number of nitrogens with two attached hydrogens (primary N) is 1. The van der Waals surface area contributed by atoms with Crippen LogP contribution in [0.4, 0.5) is 0 Å². The first-order valence-corrected chi connectivity index (χ1v) is 3.57. The van der Waals surface area contributed by atoms with E-state index < -0.39 is 0 Å². The van der Waals surface area contributed by atoms with Crippen LogP contribution in [0.2, 0.25) is 0 Å². The van der Waals surface area contributed by atoms with Crippen LogP contribution in [-0.2, 0) is 4.74 Å². The van der Waals surface area contributed by atoms with Crippen molar-refractivity contribution in [2.24, 2.45) is 11.7 Å². The van der Waals surface area contributed by atoms with Crippen molar-refractivity contribution in [3.8, 4) is 0 Å². The highest BCUT2D eigenvalue weighted by Gasteiger charge is 2.22. The molecule has 1 rings (SSSR count). The predicted molar refractivity (Wildman–Crippen MR) is 37.2 cm³/mol. The van der Waals surface area contributed by atoms with E-state index in [1.54, 1.807) is 0 Å². The van der Waals surface area contributed by atoms with Crippen molar-refractivity contribution >= 4 is 0 Å². The van der Waals surface area contributed by atoms with Gasteiger partial charge in [0.2, 0.25) is 0 Å². The predicted octanol–water partition coefficient (Wildman–Crippen LogP) is 0.759. The molecule has 1 fully saturated rings. The van der Waals surface area contributed by atoms with E-state index in [1.807, 2.05) is 6.92 Å². The van der Waals surface area contributed by atoms with Gasteiger partial charge in [-0.2, -0.15) is 0 Å². The summed E-state index contributed by atoms with van der Waals surface area (Å²) in [5, 5.41) is 0. The maximum Gasteiger partial charge on any atom is 0.0698 e. The molecule has 1 heterocycles. The van der Waals surface area contributed by atoms with Gasteiger partial charge in [-0.15, -0.1) is 0 Å². The summed E-state index contributed by atoms with van der Waals surface area (Å²) in [5.41, 5.74) is 5.74. The molecule has 0 aromatic rings. The quantitative estimate of drug-likeness (QED) is 0.524. The van der Waals surface area contributed by atoms with E-state index in [0.717, 1.165) is 13.0 Å². The number of ether oxygens (including phenoxy) is 1. The van der Waals surface area contributed by atoms with Crippen LogP contribution in [0.5, 0.6) is 0 Å². The maximum absolute atomic E-state index is 5.74. The lowest BCUT2D eigenvalue weighted by Crippen LogP contribution is -2.41. The van der Waals surface area contributed by atoms with E-state index in [-0.39, 0.29) is 12.1 Å². The van der Waals surface area contributed by atoms with E-state index in [4.69, 9.17) is 10.5 Å². The summed E-state index contributed by atoms with van der Waals surface area (Å²) < 4.78 is 5.38. The monoisotopic (exact) mass is 129 g/mol. The third-order valence-electron chi connectivity index (χ3n) is 1.92. The summed E-state index contributed by atoms with van der Waals surface area (Å²) >= 11 is 0. The first-order chi connectivity index (χ1) is 4.20. The molecule has 0 amide bonds. The largest absolute Gasteiger partial charge is 0.377 e. The van der Waals surface area contributed by atoms with Gasteiger partial charge in [-0.1, -0.05) is 6.92 Å². The van der Waals surface area contributed by atoms with E-state index >= 15 is 0 Å². The Labute approximate surface area is 56.4 Å². The first-order valence-electron chi connectivity index (χ1n) is 3.57. The molecule has 54 valence electrons. The van der Waals surface area contributed by atoms with E-state index in [9.17, 15) is 0 Å². The van der Waals surface area contributed by atoms with Crippen molar-refractivity contribution in [2.45, 2.75) is 32.4 Å². The van der Waals surface area contributed by atoms with E-state index in [1.165, 1.54) is 0 Å². The molecular weight excluding hydrogens is 114 g/mol. The van der Waals surface area contributed by atoms with Crippen LogP contribution in [-0.4, -0.2) is 18.8 Å². The number of hydrogen-bond acceptors (Lipinski definition) is 2. The normalized spacial score (nSPS) is 45.0. The molecule has 1 aliphatic heterocycles. The molecule has 0 spiro atoms. The van der Waals surface area contributed by atoms with Gasteiger partial charge in [-0.3, -0.25) is 0 Å². The van der Waals surface area contributed by atoms with Gasteiger partial charge in [0.25, 0.3) is 0 Å². The molecule has 2 heteroatoms. The lowest BCUT2D eigenvalue weighted by Gasteiger charge is -2.29. The van der Waals surface area contributed by atoms with Crippen molar-refractivity contribution in [1.82, 2.24) is 0 Å². The molecule has 1 unspecified atom stereocenters. The number of rotatable bonds is 0. The fourth-order valence-corrected chi connectivity index (χ4v) is 1.16. The molecule has 0 bridgehead atoms. The highest BCUT2D eigenvalue weighted by Crippen LogP contribution is 2.16. The second-order valence-corrected chi connectivity index (χ2v) is 3.04. The third-order valence-corrected chi connectivity index (χ3v) is 1.92. The minimum absolute atomic E-state index is 0.258. The topological polar surface area (TPSA) is 35.2 Å². The molecule has 0 aliphatic carbocycles. The second-order valence-electron chi connectivity index (χ2n) is 3.04. The Hall–Kier alpha value is -0.0800. The van der Waals surface area contributed by atoms with Crippen molar-refractivity contribution in [3.05, 3.63) is 0 Å². The highest BCUT2D eigenvalue weighted by atomic mass is 16.5. The van der Waals surface area contributed by atoms with Gasteiger partial charge >= 0.3 is 0 Å². The lowest BCUT2D eigenvalue weighted by atomic mass is 9.97. The van der Waals surface area contributed by atoms with Gasteiger partial charge in [-0.05, 0) is 19.3 Å². The smallest absolute Gasteiger partial charge is 0.0698 e. The van der Waals surface area contributed by atoms with Crippen molar-refractivity contribution < 1.29 is 4.74 Å². The SMILES string of the molecule is CC1CO[C@H](C)[C@@H](N)C1. The third kappa shape index (κ3) is 1.66. The van der Waals surface area contributed by atoms with Gasteiger partial charge in [-0.25, -0.2) is 0 Å². The zero-order valence-electron chi connectivity index (χ0n) is 6.13. The van der Waals surface area contributed by atoms with Crippen LogP contribution < -0.4 is 5.73 Å². The van der Waals surface area contributed by atoms with Crippen LogP contribution >= 0.6 is 0 Å². The van der Waals surface area contributed by atoms with Gasteiger partial charge in [0.05, 0.1) is 6.10 Å². The molecule has 0 aromatic carbocycles. The summed E-state index contributed by atoms with van der Waals surface area (Å²) in [5.74, 6) is 0.649. The van der Waals surface area contributed by atoms with Crippen molar-refractivity contribution in [3.63, 3.8) is 0 Å². The molecule has 3 atom stereocenters. The fraction of sp³-hybridized carbons (Fsp3) is 1.00. The standard InChI is InChI=1S/C7H15NO/c1-5-3-7(8)6(2)9-4-5/h5-7H,3-4,8H2,1-2H3/t5?,6-,7+/m1/s1. The summed E-state index contributed by atoms with van der Waals surface area (Å²) in [6.07, 6.45) is 1.38. The zero-order valence-corrected chi connectivity index (χ0v) is 6.13. The zero-order chi connectivity index (χ0) is 6.85. The summed E-state index contributed by atoms with van der Waals surface area (Å²) in [7, 11) is 0. The van der Waals surface area contributed by atoms with Crippen molar-refractivity contribution in [1.29, 1.82) is 0 Å². The molecule has 0 aromatic heterocycles. The van der Waals surface area contributed by atoms with Gasteiger partial charge < -0.3 is 10.5 Å². The molecule has 0 radical (unpaired) electrons. The summed E-state index contributed by atoms with van der Waals surface area (Å²) in [6, 6.07) is 0.258. The van der Waals surface area contributed by atoms with Crippen LogP contribution in [0.25, 0.3) is 0 Å². The molecule has 9 heavy (non-hydrogen) atoms. The average Bonchev–Trinajstić information content (AvgIpc) is 1.80.